The van der Waals surface area contributed by atoms with Crippen LogP contribution in [0.4, 0.5) is 13.2 Å². The molecule has 0 saturated heterocycles. The smallest absolute Gasteiger partial charge is 0.392 e. The third-order valence-electron chi connectivity index (χ3n) is 2.62. The molecule has 0 unspecified atom stereocenters. The van der Waals surface area contributed by atoms with E-state index in [1.807, 2.05) is 0 Å². The summed E-state index contributed by atoms with van der Waals surface area (Å²) in [7, 11) is 0. The fourth-order valence-corrected chi connectivity index (χ4v) is 1.80. The van der Waals surface area contributed by atoms with Gasteiger partial charge in [-0.3, -0.25) is 9.78 Å². The highest BCUT2D eigenvalue weighted by atomic mass is 19.4. The highest BCUT2D eigenvalue weighted by Crippen LogP contribution is 2.31. The quantitative estimate of drug-likeness (QED) is 0.818. The number of rotatable bonds is 1. The molecule has 2 aromatic heterocycles. The van der Waals surface area contributed by atoms with Gasteiger partial charge in [-0.25, -0.2) is 0 Å². The van der Waals surface area contributed by atoms with E-state index in [0.29, 0.717) is 5.56 Å². The number of aliphatic hydroxyl groups is 1. The number of aryl methyl sites for hydroxylation is 1. The van der Waals surface area contributed by atoms with Crippen molar-refractivity contribution in [2.75, 3.05) is 0 Å². The summed E-state index contributed by atoms with van der Waals surface area (Å²) in [4.78, 5) is 17.4. The van der Waals surface area contributed by atoms with Gasteiger partial charge in [-0.15, -0.1) is 0 Å². The minimum absolute atomic E-state index is 0.0686. The molecule has 18 heavy (non-hydrogen) atoms. The Morgan fingerprint density at radius 2 is 2.11 bits per heavy atom. The number of alkyl halides is 3. The van der Waals surface area contributed by atoms with Gasteiger partial charge in [0.05, 0.1) is 17.6 Å². The van der Waals surface area contributed by atoms with Crippen molar-refractivity contribution in [2.45, 2.75) is 19.7 Å². The molecule has 2 heterocycles. The summed E-state index contributed by atoms with van der Waals surface area (Å²) < 4.78 is 38.1. The molecule has 0 amide bonds. The van der Waals surface area contributed by atoms with E-state index in [2.05, 4.69) is 9.97 Å². The molecule has 0 radical (unpaired) electrons. The zero-order valence-electron chi connectivity index (χ0n) is 9.30. The average Bonchev–Trinajstić information content (AvgIpc) is 2.26. The molecular formula is C11H9F3N2O2. The summed E-state index contributed by atoms with van der Waals surface area (Å²) in [6.45, 7) is 0.900. The van der Waals surface area contributed by atoms with E-state index >= 15 is 0 Å². The lowest BCUT2D eigenvalue weighted by Crippen LogP contribution is -2.23. The number of aromatic nitrogens is 2. The molecule has 7 heteroatoms. The van der Waals surface area contributed by atoms with Crippen LogP contribution >= 0.6 is 0 Å². The lowest BCUT2D eigenvalue weighted by atomic mass is 10.1. The first kappa shape index (κ1) is 12.6. The van der Waals surface area contributed by atoms with E-state index in [9.17, 15) is 18.0 Å². The number of hydrogen-bond acceptors (Lipinski definition) is 3. The van der Waals surface area contributed by atoms with Gasteiger partial charge in [0.15, 0.2) is 0 Å². The van der Waals surface area contributed by atoms with Crippen LogP contribution in [0, 0.1) is 6.92 Å². The summed E-state index contributed by atoms with van der Waals surface area (Å²) in [5.74, 6) is 0. The lowest BCUT2D eigenvalue weighted by Gasteiger charge is -2.11. The van der Waals surface area contributed by atoms with Gasteiger partial charge < -0.3 is 10.1 Å². The fraction of sp³-hybridized carbons (Fsp3) is 0.273. The van der Waals surface area contributed by atoms with E-state index in [-0.39, 0.29) is 23.2 Å². The first-order chi connectivity index (χ1) is 8.34. The van der Waals surface area contributed by atoms with Crippen molar-refractivity contribution < 1.29 is 18.3 Å². The Kier molecular flexibility index (Phi) is 2.86. The van der Waals surface area contributed by atoms with E-state index in [1.54, 1.807) is 0 Å². The number of nitrogens with one attached hydrogen (secondary N) is 1. The van der Waals surface area contributed by atoms with Crippen molar-refractivity contribution in [1.29, 1.82) is 0 Å². The molecule has 0 spiro atoms. The summed E-state index contributed by atoms with van der Waals surface area (Å²) in [5, 5.41) is 8.91. The van der Waals surface area contributed by atoms with Crippen LogP contribution in [0.5, 0.6) is 0 Å². The van der Waals surface area contributed by atoms with Gasteiger partial charge in [-0.1, -0.05) is 0 Å². The van der Waals surface area contributed by atoms with Crippen LogP contribution in [0.2, 0.25) is 0 Å². The number of H-pyrrole nitrogens is 1. The Labute approximate surface area is 99.1 Å². The maximum atomic E-state index is 12.7. The number of halogens is 3. The number of aromatic amines is 1. The van der Waals surface area contributed by atoms with E-state index in [0.717, 1.165) is 0 Å². The summed E-state index contributed by atoms with van der Waals surface area (Å²) in [6.07, 6.45) is -3.45. The molecule has 0 bridgehead atoms. The van der Waals surface area contributed by atoms with Crippen LogP contribution in [0.25, 0.3) is 11.0 Å². The number of hydrogen-bond donors (Lipinski definition) is 2. The van der Waals surface area contributed by atoms with Gasteiger partial charge in [0.25, 0.3) is 5.56 Å². The van der Waals surface area contributed by atoms with Crippen molar-refractivity contribution in [3.63, 3.8) is 0 Å². The summed E-state index contributed by atoms with van der Waals surface area (Å²) in [6, 6.07) is 1.40. The second-order valence-corrected chi connectivity index (χ2v) is 3.85. The third kappa shape index (κ3) is 1.97. The number of pyridine rings is 2. The molecular weight excluding hydrogens is 249 g/mol. The second kappa shape index (κ2) is 4.09. The topological polar surface area (TPSA) is 66.0 Å². The largest absolute Gasteiger partial charge is 0.422 e. The molecule has 0 fully saturated rings. The molecule has 0 aliphatic heterocycles. The molecule has 0 aliphatic rings. The molecule has 0 atom stereocenters. The number of aliphatic hydroxyl groups excluding tert-OH is 1. The van der Waals surface area contributed by atoms with Crippen molar-refractivity contribution >= 4 is 11.0 Å². The van der Waals surface area contributed by atoms with Gasteiger partial charge in [-0.05, 0) is 24.1 Å². The Bertz CT molecular complexity index is 662. The van der Waals surface area contributed by atoms with Gasteiger partial charge in [0, 0.05) is 6.20 Å². The van der Waals surface area contributed by atoms with Crippen molar-refractivity contribution in [3.8, 4) is 0 Å². The van der Waals surface area contributed by atoms with Crippen LogP contribution in [0.3, 0.4) is 0 Å². The molecule has 96 valence electrons. The second-order valence-electron chi connectivity index (χ2n) is 3.85. The first-order valence-corrected chi connectivity index (χ1v) is 5.04. The van der Waals surface area contributed by atoms with Gasteiger partial charge in [-0.2, -0.15) is 13.2 Å². The average molecular weight is 258 g/mol. The number of fused-ring (bicyclic) bond motifs is 1. The van der Waals surface area contributed by atoms with Gasteiger partial charge in [0.2, 0.25) is 0 Å². The Hall–Kier alpha value is -1.89. The van der Waals surface area contributed by atoms with Crippen LogP contribution in [0.15, 0.2) is 17.1 Å². The molecule has 2 aromatic rings. The van der Waals surface area contributed by atoms with E-state index < -0.39 is 17.3 Å². The van der Waals surface area contributed by atoms with Gasteiger partial charge >= 0.3 is 6.18 Å². The maximum absolute atomic E-state index is 12.7. The lowest BCUT2D eigenvalue weighted by molar-refractivity contribution is -0.139. The minimum atomic E-state index is -4.72. The van der Waals surface area contributed by atoms with Crippen molar-refractivity contribution in [1.82, 2.24) is 9.97 Å². The monoisotopic (exact) mass is 258 g/mol. The Balaban J connectivity index is 2.84. The van der Waals surface area contributed by atoms with Crippen LogP contribution in [0.1, 0.15) is 16.7 Å². The predicted octanol–water partition coefficient (Wildman–Crippen LogP) is 1.74. The zero-order chi connectivity index (χ0) is 13.5. The highest BCUT2D eigenvalue weighted by Gasteiger charge is 2.36. The fourth-order valence-electron chi connectivity index (χ4n) is 1.80. The molecule has 2 N–H and O–H groups in total. The zero-order valence-corrected chi connectivity index (χ0v) is 9.30. The summed E-state index contributed by atoms with van der Waals surface area (Å²) >= 11 is 0. The van der Waals surface area contributed by atoms with E-state index in [4.69, 9.17) is 5.11 Å². The maximum Gasteiger partial charge on any atom is 0.422 e. The Morgan fingerprint density at radius 1 is 1.44 bits per heavy atom. The van der Waals surface area contributed by atoms with Crippen molar-refractivity contribution in [2.24, 2.45) is 0 Å². The number of nitrogens with zero attached hydrogens (tertiary/aromatic N) is 1. The Morgan fingerprint density at radius 3 is 2.67 bits per heavy atom. The minimum Gasteiger partial charge on any atom is -0.392 e. The van der Waals surface area contributed by atoms with Gasteiger partial charge in [0.1, 0.15) is 5.56 Å². The van der Waals surface area contributed by atoms with E-state index in [1.165, 1.54) is 19.2 Å². The van der Waals surface area contributed by atoms with Crippen molar-refractivity contribution in [3.05, 3.63) is 39.3 Å². The normalized spacial score (nSPS) is 12.1. The third-order valence-corrected chi connectivity index (χ3v) is 2.62. The predicted molar refractivity (Wildman–Crippen MR) is 58.0 cm³/mol. The van der Waals surface area contributed by atoms with Crippen LogP contribution < -0.4 is 5.56 Å². The molecule has 2 rings (SSSR count). The van der Waals surface area contributed by atoms with Crippen LogP contribution in [-0.2, 0) is 12.8 Å². The SMILES string of the molecule is Cc1c(C(F)(F)F)c(=O)[nH]c2cc(CO)cnc12. The standard InChI is InChI=1S/C11H9F3N2O2/c1-5-8(11(12,13)14)10(18)16-7-2-6(4-17)3-15-9(5)7/h2-3,17H,4H2,1H3,(H,16,18). The molecule has 4 nitrogen and oxygen atoms in total. The highest BCUT2D eigenvalue weighted by molar-refractivity contribution is 5.79. The summed E-state index contributed by atoms with van der Waals surface area (Å²) in [5.41, 5.74) is -2.00. The molecule has 0 aliphatic carbocycles. The molecule has 0 saturated carbocycles. The van der Waals surface area contributed by atoms with Crippen LogP contribution in [-0.4, -0.2) is 15.1 Å². The first-order valence-electron chi connectivity index (χ1n) is 5.04. The molecule has 0 aromatic carbocycles.